The highest BCUT2D eigenvalue weighted by Gasteiger charge is 2.45. The Bertz CT molecular complexity index is 207. The van der Waals surface area contributed by atoms with Gasteiger partial charge in [-0.15, -0.1) is 11.8 Å². The van der Waals surface area contributed by atoms with Gasteiger partial charge in [0.1, 0.15) is 0 Å². The first-order valence-corrected chi connectivity index (χ1v) is 6.30. The average molecular weight is 199 g/mol. The molecule has 0 aromatic rings. The van der Waals surface area contributed by atoms with Gasteiger partial charge in [0.05, 0.1) is 11.8 Å². The van der Waals surface area contributed by atoms with Gasteiger partial charge in [-0.1, -0.05) is 26.2 Å². The fourth-order valence-electron chi connectivity index (χ4n) is 2.13. The molecule has 0 N–H and O–H groups in total. The zero-order valence-electron chi connectivity index (χ0n) is 8.16. The number of thioether (sulfide) groups is 1. The minimum absolute atomic E-state index is 0.386. The second-order valence-electron chi connectivity index (χ2n) is 3.94. The van der Waals surface area contributed by atoms with Gasteiger partial charge in [-0.3, -0.25) is 4.79 Å². The fraction of sp³-hybridized carbons (Fsp3) is 0.900. The zero-order chi connectivity index (χ0) is 9.26. The van der Waals surface area contributed by atoms with Crippen LogP contribution in [0, 0.1) is 0 Å². The van der Waals surface area contributed by atoms with Gasteiger partial charge in [0.2, 0.25) is 5.91 Å². The van der Waals surface area contributed by atoms with E-state index in [4.69, 9.17) is 0 Å². The summed E-state index contributed by atoms with van der Waals surface area (Å²) in [5, 5.41) is 0.555. The number of fused-ring (bicyclic) bond motifs is 1. The summed E-state index contributed by atoms with van der Waals surface area (Å²) in [6.45, 7) is 2.22. The summed E-state index contributed by atoms with van der Waals surface area (Å²) in [5.74, 6) is 1.57. The molecule has 2 aliphatic rings. The Morgan fingerprint density at radius 1 is 1.54 bits per heavy atom. The van der Waals surface area contributed by atoms with Crippen molar-refractivity contribution in [2.24, 2.45) is 0 Å². The second kappa shape index (κ2) is 3.91. The topological polar surface area (TPSA) is 20.3 Å². The van der Waals surface area contributed by atoms with E-state index in [0.29, 0.717) is 17.3 Å². The molecule has 2 nitrogen and oxygen atoms in total. The summed E-state index contributed by atoms with van der Waals surface area (Å²) >= 11 is 1.97. The normalized spacial score (nSPS) is 31.8. The maximum atomic E-state index is 11.3. The Balaban J connectivity index is 1.77. The quantitative estimate of drug-likeness (QED) is 0.511. The molecule has 2 atom stereocenters. The van der Waals surface area contributed by atoms with Crippen LogP contribution in [0.15, 0.2) is 0 Å². The highest BCUT2D eigenvalue weighted by Crippen LogP contribution is 2.40. The van der Waals surface area contributed by atoms with Gasteiger partial charge < -0.3 is 4.90 Å². The van der Waals surface area contributed by atoms with Crippen molar-refractivity contribution >= 4 is 17.7 Å². The Kier molecular flexibility index (Phi) is 2.82. The molecule has 0 saturated carbocycles. The van der Waals surface area contributed by atoms with Crippen LogP contribution in [-0.4, -0.2) is 28.0 Å². The molecule has 2 heterocycles. The SMILES string of the molecule is CCCCCC1CS[C@H]2CC(=O)N12. The Labute approximate surface area is 84.1 Å². The van der Waals surface area contributed by atoms with Crippen LogP contribution >= 0.6 is 11.8 Å². The summed E-state index contributed by atoms with van der Waals surface area (Å²) in [4.78, 5) is 13.4. The number of carbonyl (C=O) groups excluding carboxylic acids is 1. The molecule has 2 fully saturated rings. The van der Waals surface area contributed by atoms with Gasteiger partial charge >= 0.3 is 0 Å². The molecular formula is C10H17NOS. The monoisotopic (exact) mass is 199 g/mol. The standard InChI is InChI=1S/C10H17NOS/c1-2-3-4-5-8-7-13-10-6-9(12)11(8)10/h8,10H,2-7H2,1H3/t8?,10-/m0/s1. The number of nitrogens with zero attached hydrogens (tertiary/aromatic N) is 1. The third kappa shape index (κ3) is 1.71. The number of β-lactam (4-membered cyclic amide) rings is 1. The van der Waals surface area contributed by atoms with E-state index in [1.54, 1.807) is 0 Å². The van der Waals surface area contributed by atoms with E-state index in [1.807, 2.05) is 11.8 Å². The highest BCUT2D eigenvalue weighted by molar-refractivity contribution is 8.00. The maximum Gasteiger partial charge on any atom is 0.226 e. The summed E-state index contributed by atoms with van der Waals surface area (Å²) in [6, 6.07) is 0.572. The minimum Gasteiger partial charge on any atom is -0.326 e. The number of hydrogen-bond donors (Lipinski definition) is 0. The van der Waals surface area contributed by atoms with Crippen LogP contribution < -0.4 is 0 Å². The second-order valence-corrected chi connectivity index (χ2v) is 5.15. The van der Waals surface area contributed by atoms with E-state index in [1.165, 1.54) is 31.4 Å². The van der Waals surface area contributed by atoms with Crippen molar-refractivity contribution in [2.45, 2.75) is 50.4 Å². The summed E-state index contributed by atoms with van der Waals surface area (Å²) in [6.07, 6.45) is 5.90. The summed E-state index contributed by atoms with van der Waals surface area (Å²) in [7, 11) is 0. The molecule has 0 aromatic heterocycles. The average Bonchev–Trinajstić information content (AvgIpc) is 2.42. The molecule has 2 rings (SSSR count). The Morgan fingerprint density at radius 3 is 3.08 bits per heavy atom. The first-order valence-electron chi connectivity index (χ1n) is 5.25. The van der Waals surface area contributed by atoms with E-state index < -0.39 is 0 Å². The van der Waals surface area contributed by atoms with E-state index in [0.717, 1.165) is 6.42 Å². The molecule has 1 amide bonds. The molecule has 0 radical (unpaired) electrons. The molecule has 13 heavy (non-hydrogen) atoms. The molecule has 74 valence electrons. The van der Waals surface area contributed by atoms with Gasteiger partial charge in [0.15, 0.2) is 0 Å². The molecule has 2 saturated heterocycles. The lowest BCUT2D eigenvalue weighted by Crippen LogP contribution is -2.51. The van der Waals surface area contributed by atoms with Gasteiger partial charge in [0, 0.05) is 11.8 Å². The number of carbonyl (C=O) groups is 1. The third-order valence-electron chi connectivity index (χ3n) is 2.96. The summed E-state index contributed by atoms with van der Waals surface area (Å²) < 4.78 is 0. The van der Waals surface area contributed by atoms with Crippen LogP contribution in [0.4, 0.5) is 0 Å². The molecule has 2 aliphatic heterocycles. The first kappa shape index (κ1) is 9.38. The molecule has 0 aromatic carbocycles. The van der Waals surface area contributed by atoms with Crippen LogP contribution in [0.3, 0.4) is 0 Å². The van der Waals surface area contributed by atoms with Crippen LogP contribution in [-0.2, 0) is 4.79 Å². The highest BCUT2D eigenvalue weighted by atomic mass is 32.2. The smallest absolute Gasteiger partial charge is 0.226 e. The van der Waals surface area contributed by atoms with Crippen LogP contribution in [0.5, 0.6) is 0 Å². The van der Waals surface area contributed by atoms with Crippen molar-refractivity contribution in [1.82, 2.24) is 4.90 Å². The Morgan fingerprint density at radius 2 is 2.38 bits per heavy atom. The van der Waals surface area contributed by atoms with Crippen molar-refractivity contribution in [2.75, 3.05) is 5.75 Å². The maximum absolute atomic E-state index is 11.3. The zero-order valence-corrected chi connectivity index (χ0v) is 8.98. The van der Waals surface area contributed by atoms with Gasteiger partial charge in [-0.05, 0) is 6.42 Å². The van der Waals surface area contributed by atoms with Crippen LogP contribution in [0.2, 0.25) is 0 Å². The van der Waals surface area contributed by atoms with Gasteiger partial charge in [0.25, 0.3) is 0 Å². The number of amides is 1. The minimum atomic E-state index is 0.386. The lowest BCUT2D eigenvalue weighted by atomic mass is 10.0. The van der Waals surface area contributed by atoms with Crippen molar-refractivity contribution in [3.63, 3.8) is 0 Å². The predicted octanol–water partition coefficient (Wildman–Crippen LogP) is 2.24. The fourth-order valence-corrected chi connectivity index (χ4v) is 3.62. The molecule has 0 bridgehead atoms. The van der Waals surface area contributed by atoms with Crippen molar-refractivity contribution in [1.29, 1.82) is 0 Å². The molecular weight excluding hydrogens is 182 g/mol. The number of unbranched alkanes of at least 4 members (excludes halogenated alkanes) is 2. The van der Waals surface area contributed by atoms with Gasteiger partial charge in [-0.25, -0.2) is 0 Å². The van der Waals surface area contributed by atoms with Crippen LogP contribution in [0.25, 0.3) is 0 Å². The van der Waals surface area contributed by atoms with E-state index in [9.17, 15) is 4.79 Å². The molecule has 0 spiro atoms. The lowest BCUT2D eigenvalue weighted by molar-refractivity contribution is -0.143. The predicted molar refractivity (Wildman–Crippen MR) is 55.6 cm³/mol. The lowest BCUT2D eigenvalue weighted by Gasteiger charge is -2.37. The number of hydrogen-bond acceptors (Lipinski definition) is 2. The molecule has 1 unspecified atom stereocenters. The first-order chi connectivity index (χ1) is 6.33. The van der Waals surface area contributed by atoms with E-state index in [2.05, 4.69) is 11.8 Å². The van der Waals surface area contributed by atoms with Crippen molar-refractivity contribution in [3.05, 3.63) is 0 Å². The molecule has 0 aliphatic carbocycles. The van der Waals surface area contributed by atoms with E-state index >= 15 is 0 Å². The molecule has 3 heteroatoms. The number of rotatable bonds is 4. The summed E-state index contributed by atoms with van der Waals surface area (Å²) in [5.41, 5.74) is 0. The van der Waals surface area contributed by atoms with E-state index in [-0.39, 0.29) is 0 Å². The Hall–Kier alpha value is -0.180. The van der Waals surface area contributed by atoms with Crippen molar-refractivity contribution in [3.8, 4) is 0 Å². The largest absolute Gasteiger partial charge is 0.326 e. The van der Waals surface area contributed by atoms with Gasteiger partial charge in [-0.2, -0.15) is 0 Å². The van der Waals surface area contributed by atoms with Crippen LogP contribution in [0.1, 0.15) is 39.0 Å². The third-order valence-corrected chi connectivity index (χ3v) is 4.32. The van der Waals surface area contributed by atoms with Crippen molar-refractivity contribution < 1.29 is 4.79 Å².